The second-order valence-electron chi connectivity index (χ2n) is 6.56. The van der Waals surface area contributed by atoms with Gasteiger partial charge in [-0.1, -0.05) is 0 Å². The van der Waals surface area contributed by atoms with Crippen LogP contribution in [0.4, 0.5) is 0 Å². The average molecular weight is 382 g/mol. The number of ether oxygens (including phenoxy) is 2. The van der Waals surface area contributed by atoms with Crippen molar-refractivity contribution in [2.75, 3.05) is 33.4 Å². The smallest absolute Gasteiger partial charge is 0.345 e. The molecule has 0 N–H and O–H groups in total. The molecule has 152 valence electrons. The minimum atomic E-state index is -0.339. The van der Waals surface area contributed by atoms with Gasteiger partial charge in [-0.25, -0.2) is 9.48 Å². The number of aromatic nitrogens is 3. The van der Waals surface area contributed by atoms with E-state index in [1.165, 1.54) is 4.68 Å². The Kier molecular flexibility index (Phi) is 8.02. The summed E-state index contributed by atoms with van der Waals surface area (Å²) in [5, 5.41) is 4.51. The molecule has 27 heavy (non-hydrogen) atoms. The lowest BCUT2D eigenvalue weighted by atomic mass is 9.95. The summed E-state index contributed by atoms with van der Waals surface area (Å²) in [5.74, 6) is 0.571. The van der Waals surface area contributed by atoms with Crippen molar-refractivity contribution in [2.45, 2.75) is 58.5 Å². The molecular weight excluding hydrogens is 352 g/mol. The molecule has 1 fully saturated rings. The third-order valence-corrected chi connectivity index (χ3v) is 4.84. The Hall–Kier alpha value is -2.16. The molecule has 1 aromatic heterocycles. The summed E-state index contributed by atoms with van der Waals surface area (Å²) in [6.45, 7) is 6.66. The molecule has 9 heteroatoms. The molecule has 1 aliphatic heterocycles. The highest BCUT2D eigenvalue weighted by molar-refractivity contribution is 5.81. The number of hydrogen-bond donors (Lipinski definition) is 0. The molecule has 0 atom stereocenters. The first-order chi connectivity index (χ1) is 13.0. The predicted molar refractivity (Wildman–Crippen MR) is 98.5 cm³/mol. The van der Waals surface area contributed by atoms with E-state index in [2.05, 4.69) is 5.10 Å². The molecule has 0 aliphatic carbocycles. The van der Waals surface area contributed by atoms with Crippen molar-refractivity contribution in [3.63, 3.8) is 0 Å². The first-order valence-electron chi connectivity index (χ1n) is 9.61. The summed E-state index contributed by atoms with van der Waals surface area (Å²) in [6.07, 6.45) is 1.80. The highest BCUT2D eigenvalue weighted by Gasteiger charge is 2.28. The lowest BCUT2D eigenvalue weighted by molar-refractivity contribution is -0.145. The van der Waals surface area contributed by atoms with Crippen molar-refractivity contribution in [3.05, 3.63) is 16.3 Å². The highest BCUT2D eigenvalue weighted by atomic mass is 16.5. The fourth-order valence-corrected chi connectivity index (χ4v) is 3.37. The second-order valence-corrected chi connectivity index (χ2v) is 6.56. The van der Waals surface area contributed by atoms with Crippen LogP contribution in [-0.2, 0) is 32.2 Å². The number of nitrogens with zero attached hydrogens (tertiary/aromatic N) is 4. The fourth-order valence-electron chi connectivity index (χ4n) is 3.37. The van der Waals surface area contributed by atoms with Crippen molar-refractivity contribution in [1.82, 2.24) is 19.2 Å². The van der Waals surface area contributed by atoms with Crippen LogP contribution in [0.2, 0.25) is 0 Å². The van der Waals surface area contributed by atoms with E-state index in [0.29, 0.717) is 39.4 Å². The van der Waals surface area contributed by atoms with E-state index < -0.39 is 0 Å². The Labute approximate surface area is 159 Å². The normalized spacial score (nSPS) is 15.1. The number of methoxy groups -OCH3 is 1. The number of carbonyl (C=O) groups excluding carboxylic acids is 2. The zero-order valence-corrected chi connectivity index (χ0v) is 16.5. The van der Waals surface area contributed by atoms with Crippen LogP contribution in [0.5, 0.6) is 0 Å². The molecule has 1 saturated heterocycles. The molecule has 0 radical (unpaired) electrons. The third-order valence-electron chi connectivity index (χ3n) is 4.84. The maximum absolute atomic E-state index is 12.4. The minimum absolute atomic E-state index is 0.0278. The van der Waals surface area contributed by atoms with Crippen molar-refractivity contribution >= 4 is 11.9 Å². The van der Waals surface area contributed by atoms with Crippen LogP contribution in [0.3, 0.4) is 0 Å². The van der Waals surface area contributed by atoms with E-state index in [-0.39, 0.29) is 36.3 Å². The van der Waals surface area contributed by atoms with Gasteiger partial charge in [0.1, 0.15) is 5.82 Å². The van der Waals surface area contributed by atoms with Crippen LogP contribution >= 0.6 is 0 Å². The Bertz CT molecular complexity index is 688. The van der Waals surface area contributed by atoms with E-state index >= 15 is 0 Å². The number of rotatable bonds is 9. The SMILES string of the molecule is CCOC(=O)CCC(=O)N1CCC(c2nn(CCOC)c(=O)n2CC)CC1. The number of amides is 1. The predicted octanol–water partition coefficient (Wildman–Crippen LogP) is 0.760. The van der Waals surface area contributed by atoms with Crippen molar-refractivity contribution in [3.8, 4) is 0 Å². The fraction of sp³-hybridized carbons (Fsp3) is 0.778. The van der Waals surface area contributed by atoms with Crippen molar-refractivity contribution < 1.29 is 19.1 Å². The molecule has 1 amide bonds. The van der Waals surface area contributed by atoms with Crippen molar-refractivity contribution in [1.29, 1.82) is 0 Å². The number of likely N-dealkylation sites (tertiary alicyclic amines) is 1. The Morgan fingerprint density at radius 1 is 1.19 bits per heavy atom. The van der Waals surface area contributed by atoms with Gasteiger partial charge in [-0.15, -0.1) is 0 Å². The molecule has 2 heterocycles. The van der Waals surface area contributed by atoms with E-state index in [0.717, 1.165) is 18.7 Å². The van der Waals surface area contributed by atoms with Gasteiger partial charge in [0.2, 0.25) is 5.91 Å². The van der Waals surface area contributed by atoms with E-state index in [1.807, 2.05) is 6.92 Å². The molecule has 0 bridgehead atoms. The first kappa shape index (κ1) is 21.1. The summed E-state index contributed by atoms with van der Waals surface area (Å²) >= 11 is 0. The molecule has 2 rings (SSSR count). The highest BCUT2D eigenvalue weighted by Crippen LogP contribution is 2.26. The molecule has 9 nitrogen and oxygen atoms in total. The second kappa shape index (κ2) is 10.2. The topological polar surface area (TPSA) is 95.7 Å². The number of hydrogen-bond acceptors (Lipinski definition) is 6. The van der Waals surface area contributed by atoms with Crippen molar-refractivity contribution in [2.24, 2.45) is 0 Å². The molecule has 0 spiro atoms. The Morgan fingerprint density at radius 3 is 2.48 bits per heavy atom. The van der Waals surface area contributed by atoms with Crippen LogP contribution in [0.25, 0.3) is 0 Å². The summed E-state index contributed by atoms with van der Waals surface area (Å²) in [5.41, 5.74) is -0.113. The van der Waals surface area contributed by atoms with Gasteiger partial charge in [0.15, 0.2) is 0 Å². The monoisotopic (exact) mass is 382 g/mol. The number of esters is 1. The Balaban J connectivity index is 1.94. The van der Waals surface area contributed by atoms with E-state index in [9.17, 15) is 14.4 Å². The standard InChI is InChI=1S/C18H30N4O5/c1-4-21-17(19-22(18(21)25)12-13-26-3)14-8-10-20(11-9-14)15(23)6-7-16(24)27-5-2/h14H,4-13H2,1-3H3. The lowest BCUT2D eigenvalue weighted by Crippen LogP contribution is -2.38. The first-order valence-corrected chi connectivity index (χ1v) is 9.61. The largest absolute Gasteiger partial charge is 0.466 e. The molecule has 0 unspecified atom stereocenters. The summed E-state index contributed by atoms with van der Waals surface area (Å²) in [4.78, 5) is 37.9. The quantitative estimate of drug-likeness (QED) is 0.585. The van der Waals surface area contributed by atoms with E-state index in [1.54, 1.807) is 23.5 Å². The van der Waals surface area contributed by atoms with Gasteiger partial charge in [0, 0.05) is 39.1 Å². The maximum atomic E-state index is 12.4. The van der Waals surface area contributed by atoms with Crippen LogP contribution in [0, 0.1) is 0 Å². The summed E-state index contributed by atoms with van der Waals surface area (Å²) in [7, 11) is 1.59. The molecular formula is C18H30N4O5. The number of piperidine rings is 1. The molecule has 1 aromatic rings. The third kappa shape index (κ3) is 5.41. The van der Waals surface area contributed by atoms with Crippen LogP contribution in [0.1, 0.15) is 51.3 Å². The van der Waals surface area contributed by atoms with Gasteiger partial charge in [-0.05, 0) is 26.7 Å². The zero-order valence-electron chi connectivity index (χ0n) is 16.5. The average Bonchev–Trinajstić information content (AvgIpc) is 3.00. The molecule has 0 aromatic carbocycles. The van der Waals surface area contributed by atoms with E-state index in [4.69, 9.17) is 9.47 Å². The van der Waals surface area contributed by atoms with Gasteiger partial charge in [-0.3, -0.25) is 14.2 Å². The minimum Gasteiger partial charge on any atom is -0.466 e. The molecule has 0 saturated carbocycles. The van der Waals surface area contributed by atoms with Crippen LogP contribution < -0.4 is 5.69 Å². The van der Waals surface area contributed by atoms with Gasteiger partial charge in [0.05, 0.1) is 26.2 Å². The maximum Gasteiger partial charge on any atom is 0.345 e. The van der Waals surface area contributed by atoms with Gasteiger partial charge < -0.3 is 14.4 Å². The number of carbonyl (C=O) groups is 2. The van der Waals surface area contributed by atoms with Crippen LogP contribution in [0.15, 0.2) is 4.79 Å². The zero-order chi connectivity index (χ0) is 19.8. The van der Waals surface area contributed by atoms with Gasteiger partial charge in [-0.2, -0.15) is 5.10 Å². The lowest BCUT2D eigenvalue weighted by Gasteiger charge is -2.31. The Morgan fingerprint density at radius 2 is 1.89 bits per heavy atom. The van der Waals surface area contributed by atoms with Crippen LogP contribution in [-0.4, -0.2) is 64.5 Å². The summed E-state index contributed by atoms with van der Waals surface area (Å²) in [6, 6.07) is 0. The van der Waals surface area contributed by atoms with Gasteiger partial charge in [0.25, 0.3) is 0 Å². The molecule has 1 aliphatic rings. The summed E-state index contributed by atoms with van der Waals surface area (Å²) < 4.78 is 13.1. The van der Waals surface area contributed by atoms with Gasteiger partial charge >= 0.3 is 11.7 Å².